The van der Waals surface area contributed by atoms with Gasteiger partial charge in [0.25, 0.3) is 5.69 Å². The summed E-state index contributed by atoms with van der Waals surface area (Å²) in [7, 11) is 1.28. The first kappa shape index (κ1) is 13.8. The van der Waals surface area contributed by atoms with E-state index in [9.17, 15) is 23.3 Å². The summed E-state index contributed by atoms with van der Waals surface area (Å²) < 4.78 is 43.5. The molecule has 106 valence electrons. The molecule has 0 N–H and O–H groups in total. The van der Waals surface area contributed by atoms with E-state index in [1.807, 2.05) is 0 Å². The summed E-state index contributed by atoms with van der Waals surface area (Å²) in [6.07, 6.45) is -4.58. The summed E-state index contributed by atoms with van der Waals surface area (Å²) in [5.41, 5.74) is -1.32. The van der Waals surface area contributed by atoms with Crippen LogP contribution in [0.5, 0.6) is 11.6 Å². The highest BCUT2D eigenvalue weighted by molar-refractivity contribution is 5.39. The fraction of sp³-hybridized carbons (Fsp3) is 0.182. The van der Waals surface area contributed by atoms with E-state index in [1.54, 1.807) is 0 Å². The molecule has 0 aliphatic carbocycles. The van der Waals surface area contributed by atoms with Crippen LogP contribution in [0.1, 0.15) is 5.69 Å². The normalized spacial score (nSPS) is 11.4. The molecule has 2 aromatic rings. The van der Waals surface area contributed by atoms with Crippen molar-refractivity contribution in [3.63, 3.8) is 0 Å². The fourth-order valence-electron chi connectivity index (χ4n) is 1.47. The maximum absolute atomic E-state index is 12.5. The number of nitro benzene ring substituents is 1. The number of aromatic nitrogens is 2. The Morgan fingerprint density at radius 2 is 2.05 bits per heavy atom. The number of halogens is 3. The molecule has 0 saturated heterocycles. The van der Waals surface area contributed by atoms with Crippen molar-refractivity contribution in [2.24, 2.45) is 7.05 Å². The van der Waals surface area contributed by atoms with E-state index in [0.717, 1.165) is 16.8 Å². The summed E-state index contributed by atoms with van der Waals surface area (Å²) in [5.74, 6) is -0.117. The third-order valence-corrected chi connectivity index (χ3v) is 2.38. The van der Waals surface area contributed by atoms with Crippen LogP contribution in [0, 0.1) is 10.1 Å². The second-order valence-electron chi connectivity index (χ2n) is 3.85. The van der Waals surface area contributed by atoms with E-state index < -0.39 is 16.8 Å². The van der Waals surface area contributed by atoms with Gasteiger partial charge in [-0.1, -0.05) is 6.07 Å². The monoisotopic (exact) mass is 287 g/mol. The van der Waals surface area contributed by atoms with Crippen molar-refractivity contribution in [1.82, 2.24) is 9.78 Å². The lowest BCUT2D eigenvalue weighted by atomic mass is 10.3. The zero-order valence-corrected chi connectivity index (χ0v) is 10.1. The lowest BCUT2D eigenvalue weighted by Crippen LogP contribution is -2.06. The zero-order chi connectivity index (χ0) is 14.9. The Balaban J connectivity index is 2.28. The Morgan fingerprint density at radius 3 is 2.60 bits per heavy atom. The maximum atomic E-state index is 12.5. The molecule has 0 aliphatic rings. The third-order valence-electron chi connectivity index (χ3n) is 2.38. The molecule has 0 fully saturated rings. The predicted molar refractivity (Wildman–Crippen MR) is 61.4 cm³/mol. The molecular weight excluding hydrogens is 279 g/mol. The Labute approximate surface area is 110 Å². The van der Waals surface area contributed by atoms with E-state index in [2.05, 4.69) is 5.10 Å². The van der Waals surface area contributed by atoms with Crippen LogP contribution in [0.15, 0.2) is 30.3 Å². The van der Waals surface area contributed by atoms with Crippen LogP contribution in [-0.4, -0.2) is 14.7 Å². The molecule has 2 rings (SSSR count). The van der Waals surface area contributed by atoms with Crippen LogP contribution in [-0.2, 0) is 13.2 Å². The number of nitrogens with zero attached hydrogens (tertiary/aromatic N) is 3. The highest BCUT2D eigenvalue weighted by Gasteiger charge is 2.35. The number of aryl methyl sites for hydroxylation is 1. The van der Waals surface area contributed by atoms with Crippen LogP contribution in [0.2, 0.25) is 0 Å². The van der Waals surface area contributed by atoms with Crippen molar-refractivity contribution >= 4 is 5.69 Å². The smallest absolute Gasteiger partial charge is 0.435 e. The van der Waals surface area contributed by atoms with Crippen molar-refractivity contribution < 1.29 is 22.8 Å². The second kappa shape index (κ2) is 4.83. The van der Waals surface area contributed by atoms with Crippen molar-refractivity contribution in [3.8, 4) is 11.6 Å². The molecule has 0 unspecified atom stereocenters. The highest BCUT2D eigenvalue weighted by Crippen LogP contribution is 2.32. The first-order valence-corrected chi connectivity index (χ1v) is 5.31. The molecule has 1 heterocycles. The number of non-ortho nitro benzene ring substituents is 1. The van der Waals surface area contributed by atoms with Gasteiger partial charge in [-0.2, -0.15) is 18.3 Å². The molecule has 0 atom stereocenters. The van der Waals surface area contributed by atoms with Crippen molar-refractivity contribution in [2.45, 2.75) is 6.18 Å². The quantitative estimate of drug-likeness (QED) is 0.642. The fourth-order valence-corrected chi connectivity index (χ4v) is 1.47. The molecule has 0 spiro atoms. The SMILES string of the molecule is Cn1nc(C(F)(F)F)cc1Oc1cccc([N+](=O)[O-])c1. The van der Waals surface area contributed by atoms with Gasteiger partial charge in [0.1, 0.15) is 5.75 Å². The maximum Gasteiger partial charge on any atom is 0.435 e. The van der Waals surface area contributed by atoms with Gasteiger partial charge in [-0.25, -0.2) is 4.68 Å². The van der Waals surface area contributed by atoms with Crippen LogP contribution in [0.25, 0.3) is 0 Å². The molecule has 0 saturated carbocycles. The first-order chi connectivity index (χ1) is 9.27. The summed E-state index contributed by atoms with van der Waals surface area (Å²) in [6.45, 7) is 0. The van der Waals surface area contributed by atoms with Gasteiger partial charge in [0.15, 0.2) is 5.69 Å². The molecule has 0 radical (unpaired) electrons. The van der Waals surface area contributed by atoms with Gasteiger partial charge in [-0.3, -0.25) is 10.1 Å². The average Bonchev–Trinajstić information content (AvgIpc) is 2.71. The minimum Gasteiger partial charge on any atom is -0.439 e. The van der Waals surface area contributed by atoms with Crippen molar-refractivity contribution in [3.05, 3.63) is 46.1 Å². The summed E-state index contributed by atoms with van der Waals surface area (Å²) in [6, 6.07) is 5.85. The number of ether oxygens (including phenoxy) is 1. The largest absolute Gasteiger partial charge is 0.439 e. The molecule has 0 aliphatic heterocycles. The molecule has 0 amide bonds. The zero-order valence-electron chi connectivity index (χ0n) is 10.1. The Kier molecular flexibility index (Phi) is 3.35. The second-order valence-corrected chi connectivity index (χ2v) is 3.85. The van der Waals surface area contributed by atoms with Crippen LogP contribution >= 0.6 is 0 Å². The lowest BCUT2D eigenvalue weighted by Gasteiger charge is -2.04. The molecule has 1 aromatic carbocycles. The first-order valence-electron chi connectivity index (χ1n) is 5.31. The summed E-state index contributed by atoms with van der Waals surface area (Å²) in [5, 5.41) is 13.9. The average molecular weight is 287 g/mol. The number of alkyl halides is 3. The molecule has 20 heavy (non-hydrogen) atoms. The van der Waals surface area contributed by atoms with Gasteiger partial charge >= 0.3 is 6.18 Å². The minimum absolute atomic E-state index is 0.0518. The molecule has 6 nitrogen and oxygen atoms in total. The summed E-state index contributed by atoms with van der Waals surface area (Å²) >= 11 is 0. The van der Waals surface area contributed by atoms with Gasteiger partial charge in [-0.05, 0) is 6.07 Å². The number of hydrogen-bond donors (Lipinski definition) is 0. The van der Waals surface area contributed by atoms with E-state index >= 15 is 0 Å². The summed E-state index contributed by atoms with van der Waals surface area (Å²) in [4.78, 5) is 9.96. The Hall–Kier alpha value is -2.58. The molecule has 1 aromatic heterocycles. The number of nitro groups is 1. The standard InChI is InChI=1S/C11H8F3N3O3/c1-16-10(6-9(15-16)11(12,13)14)20-8-4-2-3-7(5-8)17(18)19/h2-6H,1H3. The van der Waals surface area contributed by atoms with Crippen molar-refractivity contribution in [1.29, 1.82) is 0 Å². The number of rotatable bonds is 3. The van der Waals surface area contributed by atoms with E-state index in [4.69, 9.17) is 4.74 Å². The van der Waals surface area contributed by atoms with Gasteiger partial charge in [0, 0.05) is 19.2 Å². The number of benzene rings is 1. The molecular formula is C11H8F3N3O3. The number of hydrogen-bond acceptors (Lipinski definition) is 4. The highest BCUT2D eigenvalue weighted by atomic mass is 19.4. The third kappa shape index (κ3) is 2.87. The van der Waals surface area contributed by atoms with E-state index in [-0.39, 0.29) is 17.3 Å². The Morgan fingerprint density at radius 1 is 1.35 bits per heavy atom. The van der Waals surface area contributed by atoms with Gasteiger partial charge in [0.05, 0.1) is 11.0 Å². The minimum atomic E-state index is -4.58. The van der Waals surface area contributed by atoms with Crippen LogP contribution in [0.3, 0.4) is 0 Å². The van der Waals surface area contributed by atoms with Crippen LogP contribution in [0.4, 0.5) is 18.9 Å². The van der Waals surface area contributed by atoms with Crippen molar-refractivity contribution in [2.75, 3.05) is 0 Å². The molecule has 0 bridgehead atoms. The van der Waals surface area contributed by atoms with E-state index in [1.165, 1.54) is 25.2 Å². The van der Waals surface area contributed by atoms with E-state index in [0.29, 0.717) is 0 Å². The topological polar surface area (TPSA) is 70.2 Å². The lowest BCUT2D eigenvalue weighted by molar-refractivity contribution is -0.384. The predicted octanol–water partition coefficient (Wildman–Crippen LogP) is 3.14. The van der Waals surface area contributed by atoms with Gasteiger partial charge in [0.2, 0.25) is 5.88 Å². The van der Waals surface area contributed by atoms with Gasteiger partial charge < -0.3 is 4.74 Å². The Bertz CT molecular complexity index is 652. The van der Waals surface area contributed by atoms with Gasteiger partial charge in [-0.15, -0.1) is 0 Å². The molecule has 9 heteroatoms. The van der Waals surface area contributed by atoms with Crippen LogP contribution < -0.4 is 4.74 Å².